The number of anilines is 1. The maximum Gasteiger partial charge on any atom is 0.191 e. The summed E-state index contributed by atoms with van der Waals surface area (Å²) in [4.78, 5) is 11.1. The molecule has 0 saturated carbocycles. The largest absolute Gasteiger partial charge is 0.383 e. The normalized spacial score (nSPS) is 13.2. The second-order valence-electron chi connectivity index (χ2n) is 4.71. The average Bonchev–Trinajstić information content (AvgIpc) is 2.85. The maximum absolute atomic E-state index is 5.11. The van der Waals surface area contributed by atoms with Gasteiger partial charge in [-0.3, -0.25) is 0 Å². The summed E-state index contributed by atoms with van der Waals surface area (Å²) < 4.78 is 5.11. The summed E-state index contributed by atoms with van der Waals surface area (Å²) in [5.74, 6) is 0.788. The number of rotatable bonds is 7. The Morgan fingerprint density at radius 3 is 2.85 bits per heavy atom. The van der Waals surface area contributed by atoms with Gasteiger partial charge in [0.2, 0.25) is 0 Å². The third kappa shape index (κ3) is 5.75. The van der Waals surface area contributed by atoms with Crippen LogP contribution in [0.3, 0.4) is 0 Å². The third-order valence-electron chi connectivity index (χ3n) is 2.47. The monoisotopic (exact) mass is 299 g/mol. The molecule has 6 nitrogen and oxygen atoms in total. The number of hydrogen-bond acceptors (Lipinski definition) is 5. The number of hydrogen-bond donors (Lipinski definition) is 2. The van der Waals surface area contributed by atoms with Crippen LogP contribution in [0.15, 0.2) is 10.4 Å². The Morgan fingerprint density at radius 1 is 1.55 bits per heavy atom. The van der Waals surface area contributed by atoms with Gasteiger partial charge < -0.3 is 20.3 Å². The van der Waals surface area contributed by atoms with E-state index in [1.165, 1.54) is 0 Å². The van der Waals surface area contributed by atoms with Crippen molar-refractivity contribution < 1.29 is 4.74 Å². The second kappa shape index (κ2) is 8.76. The van der Waals surface area contributed by atoms with Crippen molar-refractivity contribution in [1.82, 2.24) is 15.6 Å². The predicted molar refractivity (Wildman–Crippen MR) is 85.7 cm³/mol. The molecule has 1 aromatic heterocycles. The summed E-state index contributed by atoms with van der Waals surface area (Å²) >= 11 is 1.63. The lowest BCUT2D eigenvalue weighted by molar-refractivity contribution is 0.179. The van der Waals surface area contributed by atoms with Crippen molar-refractivity contribution in [1.29, 1.82) is 0 Å². The zero-order valence-corrected chi connectivity index (χ0v) is 13.8. The molecule has 0 aliphatic rings. The molecule has 0 aromatic carbocycles. The number of guanidine groups is 1. The quantitative estimate of drug-likeness (QED) is 0.587. The molecule has 0 spiro atoms. The molecule has 2 N–H and O–H groups in total. The molecule has 7 heteroatoms. The van der Waals surface area contributed by atoms with Gasteiger partial charge in [0, 0.05) is 39.2 Å². The van der Waals surface area contributed by atoms with Crippen molar-refractivity contribution in [2.24, 2.45) is 4.99 Å². The fourth-order valence-corrected chi connectivity index (χ4v) is 2.33. The van der Waals surface area contributed by atoms with Crippen LogP contribution >= 0.6 is 11.3 Å². The molecule has 0 fully saturated rings. The van der Waals surface area contributed by atoms with Gasteiger partial charge in [0.1, 0.15) is 0 Å². The van der Waals surface area contributed by atoms with Crippen molar-refractivity contribution >= 4 is 22.4 Å². The van der Waals surface area contributed by atoms with Gasteiger partial charge in [-0.25, -0.2) is 9.98 Å². The van der Waals surface area contributed by atoms with E-state index in [4.69, 9.17) is 4.74 Å². The van der Waals surface area contributed by atoms with E-state index in [0.717, 1.165) is 23.3 Å². The van der Waals surface area contributed by atoms with Crippen LogP contribution in [-0.2, 0) is 11.3 Å². The molecule has 0 saturated heterocycles. The molecule has 0 bridgehead atoms. The Hall–Kier alpha value is -1.34. The molecule has 1 rings (SSSR count). The fraction of sp³-hybridized carbons (Fsp3) is 0.692. The number of aliphatic imine (C=N–C) groups is 1. The van der Waals surface area contributed by atoms with Crippen molar-refractivity contribution in [2.75, 3.05) is 39.3 Å². The first kappa shape index (κ1) is 16.7. The van der Waals surface area contributed by atoms with Gasteiger partial charge in [0.25, 0.3) is 0 Å². The van der Waals surface area contributed by atoms with Crippen molar-refractivity contribution in [3.05, 3.63) is 11.1 Å². The van der Waals surface area contributed by atoms with E-state index in [-0.39, 0.29) is 6.04 Å². The van der Waals surface area contributed by atoms with Crippen LogP contribution in [0.2, 0.25) is 0 Å². The van der Waals surface area contributed by atoms with Crippen LogP contribution in [0.25, 0.3) is 0 Å². The summed E-state index contributed by atoms with van der Waals surface area (Å²) in [6.07, 6.45) is 0. The SMILES string of the molecule is CCNC(=NCc1csc(N(C)C)n1)NC(C)COC. The van der Waals surface area contributed by atoms with E-state index in [2.05, 4.69) is 27.5 Å². The smallest absolute Gasteiger partial charge is 0.191 e. The highest BCUT2D eigenvalue weighted by Gasteiger charge is 2.06. The van der Waals surface area contributed by atoms with Gasteiger partial charge in [0.15, 0.2) is 11.1 Å². The molecular weight excluding hydrogens is 274 g/mol. The molecule has 1 unspecified atom stereocenters. The van der Waals surface area contributed by atoms with Gasteiger partial charge in [-0.05, 0) is 13.8 Å². The van der Waals surface area contributed by atoms with Crippen molar-refractivity contribution in [3.8, 4) is 0 Å². The molecule has 114 valence electrons. The van der Waals surface area contributed by atoms with E-state index in [1.807, 2.05) is 31.3 Å². The van der Waals surface area contributed by atoms with Crippen LogP contribution in [-0.4, -0.2) is 51.3 Å². The van der Waals surface area contributed by atoms with Crippen LogP contribution in [0.1, 0.15) is 19.5 Å². The van der Waals surface area contributed by atoms with E-state index in [9.17, 15) is 0 Å². The van der Waals surface area contributed by atoms with Crippen LogP contribution in [0.5, 0.6) is 0 Å². The molecule has 20 heavy (non-hydrogen) atoms. The Bertz CT molecular complexity index is 419. The number of nitrogens with zero attached hydrogens (tertiary/aromatic N) is 3. The summed E-state index contributed by atoms with van der Waals surface area (Å²) in [5, 5.41) is 9.56. The summed E-state index contributed by atoms with van der Waals surface area (Å²) in [6.45, 7) is 6.14. The van der Waals surface area contributed by atoms with Gasteiger partial charge in [-0.1, -0.05) is 0 Å². The van der Waals surface area contributed by atoms with Crippen molar-refractivity contribution in [3.63, 3.8) is 0 Å². The summed E-state index contributed by atoms with van der Waals surface area (Å²) in [6, 6.07) is 0.213. The minimum Gasteiger partial charge on any atom is -0.383 e. The Labute approximate surface area is 125 Å². The Balaban J connectivity index is 2.60. The molecule has 0 amide bonds. The number of ether oxygens (including phenoxy) is 1. The molecule has 1 aromatic rings. The first-order valence-electron chi connectivity index (χ1n) is 6.72. The minimum absolute atomic E-state index is 0.213. The topological polar surface area (TPSA) is 61.8 Å². The molecule has 0 aliphatic heterocycles. The van der Waals surface area contributed by atoms with E-state index in [1.54, 1.807) is 18.4 Å². The Kier molecular flexibility index (Phi) is 7.32. The number of thiazole rings is 1. The summed E-state index contributed by atoms with van der Waals surface area (Å²) in [5.41, 5.74) is 0.982. The number of methoxy groups -OCH3 is 1. The van der Waals surface area contributed by atoms with Crippen LogP contribution < -0.4 is 15.5 Å². The molecular formula is C13H25N5OS. The Morgan fingerprint density at radius 2 is 2.30 bits per heavy atom. The second-order valence-corrected chi connectivity index (χ2v) is 5.55. The number of nitrogens with one attached hydrogen (secondary N) is 2. The lowest BCUT2D eigenvalue weighted by Crippen LogP contribution is -2.43. The molecule has 1 heterocycles. The predicted octanol–water partition coefficient (Wildman–Crippen LogP) is 1.30. The zero-order chi connectivity index (χ0) is 15.0. The third-order valence-corrected chi connectivity index (χ3v) is 3.52. The highest BCUT2D eigenvalue weighted by molar-refractivity contribution is 7.13. The highest BCUT2D eigenvalue weighted by Crippen LogP contribution is 2.18. The van der Waals surface area contributed by atoms with E-state index >= 15 is 0 Å². The number of aromatic nitrogens is 1. The van der Waals surface area contributed by atoms with Crippen LogP contribution in [0, 0.1) is 0 Å². The molecule has 0 aliphatic carbocycles. The van der Waals surface area contributed by atoms with E-state index in [0.29, 0.717) is 13.2 Å². The highest BCUT2D eigenvalue weighted by atomic mass is 32.1. The lowest BCUT2D eigenvalue weighted by atomic mass is 10.4. The van der Waals surface area contributed by atoms with Gasteiger partial charge in [-0.2, -0.15) is 0 Å². The van der Waals surface area contributed by atoms with Crippen molar-refractivity contribution in [2.45, 2.75) is 26.4 Å². The van der Waals surface area contributed by atoms with Gasteiger partial charge in [0.05, 0.1) is 18.8 Å². The first-order chi connectivity index (χ1) is 9.56. The van der Waals surface area contributed by atoms with Gasteiger partial charge in [-0.15, -0.1) is 11.3 Å². The van der Waals surface area contributed by atoms with E-state index < -0.39 is 0 Å². The maximum atomic E-state index is 5.11. The van der Waals surface area contributed by atoms with Crippen LogP contribution in [0.4, 0.5) is 5.13 Å². The molecule has 1 atom stereocenters. The zero-order valence-electron chi connectivity index (χ0n) is 12.9. The lowest BCUT2D eigenvalue weighted by Gasteiger charge is -2.16. The van der Waals surface area contributed by atoms with Gasteiger partial charge >= 0.3 is 0 Å². The minimum atomic E-state index is 0.213. The first-order valence-corrected chi connectivity index (χ1v) is 7.60. The fourth-order valence-electron chi connectivity index (χ4n) is 1.58. The average molecular weight is 299 g/mol. The summed E-state index contributed by atoms with van der Waals surface area (Å²) in [7, 11) is 5.67. The standard InChI is InChI=1S/C13H25N5OS/c1-6-14-12(16-10(2)8-19-5)15-7-11-9-20-13(17-11)18(3)4/h9-10H,6-8H2,1-5H3,(H2,14,15,16). The molecule has 0 radical (unpaired) electrons.